The smallest absolute Gasteiger partial charge is 0.406 e. The number of nitrogens with one attached hydrogen (secondary N) is 1. The van der Waals surface area contributed by atoms with Crippen LogP contribution >= 0.6 is 0 Å². The molecule has 4 rings (SSSR count). The van der Waals surface area contributed by atoms with Crippen molar-refractivity contribution in [2.75, 3.05) is 58.4 Å². The summed E-state index contributed by atoms with van der Waals surface area (Å²) in [6.07, 6.45) is 0.239. The third kappa shape index (κ3) is 8.72. The number of hydrogen-bond donors (Lipinski definition) is 3. The van der Waals surface area contributed by atoms with E-state index in [1.54, 1.807) is 22.8 Å². The summed E-state index contributed by atoms with van der Waals surface area (Å²) in [7, 11) is 2.08. The monoisotopic (exact) mass is 590 g/mol. The fourth-order valence-electron chi connectivity index (χ4n) is 5.22. The van der Waals surface area contributed by atoms with Crippen molar-refractivity contribution in [3.8, 4) is 11.8 Å². The van der Waals surface area contributed by atoms with Crippen LogP contribution in [0.5, 0.6) is 0 Å². The molecule has 0 spiro atoms. The van der Waals surface area contributed by atoms with Gasteiger partial charge in [0.05, 0.1) is 43.9 Å². The van der Waals surface area contributed by atoms with Gasteiger partial charge >= 0.3 is 12.1 Å². The summed E-state index contributed by atoms with van der Waals surface area (Å²) in [4.78, 5) is 17.0. The predicted molar refractivity (Wildman–Crippen MR) is 152 cm³/mol. The van der Waals surface area contributed by atoms with Crippen LogP contribution in [0.1, 0.15) is 29.0 Å². The molecule has 0 saturated carbocycles. The molecule has 42 heavy (non-hydrogen) atoms. The molecule has 228 valence electrons. The number of imidazole rings is 1. The number of benzene rings is 1. The van der Waals surface area contributed by atoms with Gasteiger partial charge < -0.3 is 39.7 Å². The van der Waals surface area contributed by atoms with Crippen molar-refractivity contribution >= 4 is 22.6 Å². The lowest BCUT2D eigenvalue weighted by atomic mass is 9.89. The minimum Gasteiger partial charge on any atom is -0.476 e. The van der Waals surface area contributed by atoms with Gasteiger partial charge in [0.1, 0.15) is 6.54 Å². The van der Waals surface area contributed by atoms with Gasteiger partial charge in [-0.05, 0) is 56.5 Å². The Kier molecular flexibility index (Phi) is 10.9. The molecule has 1 saturated heterocycles. The van der Waals surface area contributed by atoms with E-state index < -0.39 is 18.7 Å². The van der Waals surface area contributed by atoms with Crippen molar-refractivity contribution in [2.45, 2.75) is 38.1 Å². The number of carboxylic acid groups (broad SMARTS) is 1. The number of carbonyl (C=O) groups is 1. The molecule has 0 bridgehead atoms. The lowest BCUT2D eigenvalue weighted by Crippen LogP contribution is -2.45. The number of aromatic nitrogens is 3. The summed E-state index contributed by atoms with van der Waals surface area (Å²) in [6, 6.07) is 7.18. The molecule has 1 aromatic carbocycles. The van der Waals surface area contributed by atoms with Gasteiger partial charge in [0.25, 0.3) is 0 Å². The molecule has 2 atom stereocenters. The summed E-state index contributed by atoms with van der Waals surface area (Å²) < 4.78 is 54.4. The number of hydrogen-bond acceptors (Lipinski definition) is 7. The third-order valence-electron chi connectivity index (χ3n) is 7.23. The molecule has 0 amide bonds. The molecule has 1 aliphatic rings. The SMILES string of the molecule is CN1CCC(Nc2cccc3c2cc(C#CCN)n3CC(F)(F)F)C(CCOCCOCCn2cnc(C(=O)O)c2)C1. The Hall–Kier alpha value is -3.57. The molecule has 2 aromatic heterocycles. The first-order valence-electron chi connectivity index (χ1n) is 13.9. The Morgan fingerprint density at radius 3 is 2.74 bits per heavy atom. The van der Waals surface area contributed by atoms with Crippen LogP contribution in [0.4, 0.5) is 18.9 Å². The number of halogens is 3. The van der Waals surface area contributed by atoms with Crippen molar-refractivity contribution in [3.05, 3.63) is 48.2 Å². The van der Waals surface area contributed by atoms with Crippen molar-refractivity contribution in [2.24, 2.45) is 11.7 Å². The number of piperidine rings is 1. The van der Waals surface area contributed by atoms with Gasteiger partial charge in [-0.15, -0.1) is 0 Å². The van der Waals surface area contributed by atoms with Gasteiger partial charge in [-0.1, -0.05) is 12.0 Å². The van der Waals surface area contributed by atoms with Crippen LogP contribution in [0.15, 0.2) is 36.8 Å². The first-order chi connectivity index (χ1) is 20.1. The number of aromatic carboxylic acids is 1. The van der Waals surface area contributed by atoms with E-state index >= 15 is 0 Å². The van der Waals surface area contributed by atoms with Gasteiger partial charge in [-0.2, -0.15) is 13.2 Å². The zero-order valence-electron chi connectivity index (χ0n) is 23.6. The van der Waals surface area contributed by atoms with Gasteiger partial charge in [0.2, 0.25) is 0 Å². The number of alkyl halides is 3. The van der Waals surface area contributed by atoms with Crippen LogP contribution in [0.25, 0.3) is 10.9 Å². The summed E-state index contributed by atoms with van der Waals surface area (Å²) in [6.45, 7) is 3.03. The average molecular weight is 591 g/mol. The summed E-state index contributed by atoms with van der Waals surface area (Å²) in [5.41, 5.74) is 7.02. The topological polar surface area (TPSA) is 120 Å². The van der Waals surface area contributed by atoms with Gasteiger partial charge in [0, 0.05) is 43.0 Å². The van der Waals surface area contributed by atoms with E-state index in [9.17, 15) is 18.0 Å². The Balaban J connectivity index is 1.31. The van der Waals surface area contributed by atoms with Crippen LogP contribution < -0.4 is 11.1 Å². The maximum absolute atomic E-state index is 13.4. The number of nitrogens with two attached hydrogens (primary N) is 1. The van der Waals surface area contributed by atoms with Crippen molar-refractivity contribution in [1.29, 1.82) is 0 Å². The number of nitrogens with zero attached hydrogens (tertiary/aromatic N) is 4. The van der Waals surface area contributed by atoms with Crippen LogP contribution in [-0.4, -0.2) is 95.4 Å². The molecule has 2 unspecified atom stereocenters. The third-order valence-corrected chi connectivity index (χ3v) is 7.23. The largest absolute Gasteiger partial charge is 0.476 e. The molecule has 13 heteroatoms. The summed E-state index contributed by atoms with van der Waals surface area (Å²) in [5.74, 6) is 4.69. The van der Waals surface area contributed by atoms with Crippen molar-refractivity contribution in [1.82, 2.24) is 19.0 Å². The minimum atomic E-state index is -4.38. The Morgan fingerprint density at radius 1 is 1.24 bits per heavy atom. The molecular weight excluding hydrogens is 553 g/mol. The Morgan fingerprint density at radius 2 is 2.02 bits per heavy atom. The minimum absolute atomic E-state index is 0.00223. The molecule has 3 aromatic rings. The number of carboxylic acids is 1. The normalized spacial score (nSPS) is 17.7. The second kappa shape index (κ2) is 14.6. The Bertz CT molecular complexity index is 1390. The molecule has 0 aliphatic carbocycles. The van der Waals surface area contributed by atoms with Crippen LogP contribution in [0, 0.1) is 17.8 Å². The molecule has 0 radical (unpaired) electrons. The van der Waals surface area contributed by atoms with E-state index in [4.69, 9.17) is 20.3 Å². The summed E-state index contributed by atoms with van der Waals surface area (Å²) >= 11 is 0. The average Bonchev–Trinajstić information content (AvgIpc) is 3.55. The maximum Gasteiger partial charge on any atom is 0.406 e. The first kappa shape index (κ1) is 31.4. The van der Waals surface area contributed by atoms with Crippen LogP contribution in [0.3, 0.4) is 0 Å². The van der Waals surface area contributed by atoms with Crippen molar-refractivity contribution in [3.63, 3.8) is 0 Å². The van der Waals surface area contributed by atoms with Crippen LogP contribution in [-0.2, 0) is 22.6 Å². The van der Waals surface area contributed by atoms with Gasteiger partial charge in [-0.25, -0.2) is 9.78 Å². The second-order valence-electron chi connectivity index (χ2n) is 10.4. The summed E-state index contributed by atoms with van der Waals surface area (Å²) in [5, 5.41) is 13.3. The Labute approximate surface area is 242 Å². The number of ether oxygens (including phenoxy) is 2. The molecule has 10 nitrogen and oxygen atoms in total. The van der Waals surface area contributed by atoms with E-state index in [1.165, 1.54) is 17.1 Å². The molecule has 1 fully saturated rings. The molecule has 3 heterocycles. The predicted octanol–water partition coefficient (Wildman–Crippen LogP) is 3.26. The highest BCUT2D eigenvalue weighted by Gasteiger charge is 2.31. The fourth-order valence-corrected chi connectivity index (χ4v) is 5.22. The molecule has 1 aliphatic heterocycles. The van der Waals surface area contributed by atoms with E-state index in [0.717, 1.165) is 31.6 Å². The van der Waals surface area contributed by atoms with E-state index in [0.29, 0.717) is 43.9 Å². The fraction of sp³-hybridized carbons (Fsp3) is 0.517. The lowest BCUT2D eigenvalue weighted by Gasteiger charge is -2.38. The second-order valence-corrected chi connectivity index (χ2v) is 10.4. The highest BCUT2D eigenvalue weighted by atomic mass is 19.4. The number of rotatable bonds is 13. The number of anilines is 1. The highest BCUT2D eigenvalue weighted by Crippen LogP contribution is 2.32. The van der Waals surface area contributed by atoms with E-state index in [-0.39, 0.29) is 29.9 Å². The first-order valence-corrected chi connectivity index (χ1v) is 13.9. The van der Waals surface area contributed by atoms with E-state index in [1.807, 2.05) is 6.07 Å². The highest BCUT2D eigenvalue weighted by molar-refractivity contribution is 5.94. The maximum atomic E-state index is 13.4. The zero-order valence-corrected chi connectivity index (χ0v) is 23.6. The van der Waals surface area contributed by atoms with Gasteiger partial charge in [0.15, 0.2) is 5.69 Å². The van der Waals surface area contributed by atoms with Crippen LogP contribution in [0.2, 0.25) is 0 Å². The van der Waals surface area contributed by atoms with E-state index in [2.05, 4.69) is 34.1 Å². The number of likely N-dealkylation sites (tertiary alicyclic amines) is 1. The standard InChI is InChI=1S/C29H37F3N6O4/c1-36-10-7-24(21(17-36)8-12-41-14-15-42-13-11-37-18-26(28(39)40)34-20-37)35-25-5-2-6-27-23(25)16-22(4-3-9-33)38(27)19-29(30,31)32/h2,5-6,16,18,20-21,24,35H,7-15,17,19,33H2,1H3,(H,39,40). The quantitative estimate of drug-likeness (QED) is 0.205. The lowest BCUT2D eigenvalue weighted by molar-refractivity contribution is -0.140. The zero-order chi connectivity index (χ0) is 30.1. The number of fused-ring (bicyclic) bond motifs is 1. The van der Waals surface area contributed by atoms with Crippen molar-refractivity contribution < 1.29 is 32.5 Å². The molecular formula is C29H37F3N6O4. The molecule has 4 N–H and O–H groups in total. The van der Waals surface area contributed by atoms with Gasteiger partial charge in [-0.3, -0.25) is 0 Å².